The van der Waals surface area contributed by atoms with E-state index in [1.807, 2.05) is 0 Å². The van der Waals surface area contributed by atoms with E-state index in [0.29, 0.717) is 6.42 Å². The zero-order valence-electron chi connectivity index (χ0n) is 20.1. The van der Waals surface area contributed by atoms with Crippen molar-refractivity contribution >= 4 is 11.9 Å². The molecule has 0 aromatic heterocycles. The summed E-state index contributed by atoms with van der Waals surface area (Å²) in [5.74, 6) is -3.49. The Balaban J connectivity index is -0.00000364. The quantitative estimate of drug-likeness (QED) is 0.126. The minimum absolute atomic E-state index is 0. The number of carboxylic acids is 2. The maximum Gasteiger partial charge on any atom is 1.00 e. The van der Waals surface area contributed by atoms with E-state index in [1.165, 1.54) is 83.5 Å². The van der Waals surface area contributed by atoms with Gasteiger partial charge in [0, 0.05) is 17.9 Å². The third-order valence-electron chi connectivity index (χ3n) is 5.31. The van der Waals surface area contributed by atoms with Gasteiger partial charge in [-0.05, 0) is 38.5 Å². The smallest absolute Gasteiger partial charge is 0.550 e. The van der Waals surface area contributed by atoms with E-state index < -0.39 is 24.3 Å². The summed E-state index contributed by atoms with van der Waals surface area (Å²) in [6.45, 7) is 2.25. The van der Waals surface area contributed by atoms with Crippen molar-refractivity contribution in [2.75, 3.05) is 0 Å². The molecule has 0 heterocycles. The van der Waals surface area contributed by atoms with E-state index in [-0.39, 0.29) is 59.1 Å². The fraction of sp³-hybridized carbons (Fsp3) is 0.833. The molecule has 164 valence electrons. The second-order valence-electron chi connectivity index (χ2n) is 8.03. The Morgan fingerprint density at radius 1 is 0.667 bits per heavy atom. The van der Waals surface area contributed by atoms with Crippen LogP contribution in [0.4, 0.5) is 0 Å². The van der Waals surface area contributed by atoms with Crippen LogP contribution in [0, 0.1) is 5.92 Å². The first-order valence-corrected chi connectivity index (χ1v) is 11.6. The molecule has 0 spiro atoms. The van der Waals surface area contributed by atoms with Crippen molar-refractivity contribution in [1.82, 2.24) is 0 Å². The Bertz CT molecular complexity index is 414. The summed E-state index contributed by atoms with van der Waals surface area (Å²) in [6, 6.07) is 0. The molecule has 0 aliphatic carbocycles. The Labute approximate surface area is 229 Å². The van der Waals surface area contributed by atoms with Crippen molar-refractivity contribution in [1.29, 1.82) is 0 Å². The fourth-order valence-electron chi connectivity index (χ4n) is 3.50. The third-order valence-corrected chi connectivity index (χ3v) is 5.31. The molecular formula is C24H42Na2O4. The first-order chi connectivity index (χ1) is 13.6. The van der Waals surface area contributed by atoms with Crippen LogP contribution < -0.4 is 69.3 Å². The van der Waals surface area contributed by atoms with Crippen LogP contribution in [0.15, 0.2) is 12.2 Å². The molecule has 0 amide bonds. The zero-order valence-corrected chi connectivity index (χ0v) is 24.1. The van der Waals surface area contributed by atoms with Gasteiger partial charge in [-0.2, -0.15) is 0 Å². The number of hydrogen-bond donors (Lipinski definition) is 0. The van der Waals surface area contributed by atoms with Crippen molar-refractivity contribution < 1.29 is 78.9 Å². The van der Waals surface area contributed by atoms with Gasteiger partial charge >= 0.3 is 59.1 Å². The average Bonchev–Trinajstić information content (AvgIpc) is 2.65. The van der Waals surface area contributed by atoms with Gasteiger partial charge < -0.3 is 19.8 Å². The molecule has 0 aromatic carbocycles. The minimum Gasteiger partial charge on any atom is -0.550 e. The second-order valence-corrected chi connectivity index (χ2v) is 8.03. The summed E-state index contributed by atoms with van der Waals surface area (Å²) in [5.41, 5.74) is 0. The van der Waals surface area contributed by atoms with Crippen LogP contribution in [-0.2, 0) is 9.59 Å². The molecule has 1 unspecified atom stereocenters. The summed E-state index contributed by atoms with van der Waals surface area (Å²) >= 11 is 0. The first kappa shape index (κ1) is 35.3. The molecule has 0 saturated carbocycles. The maximum atomic E-state index is 10.8. The van der Waals surface area contributed by atoms with Gasteiger partial charge in [-0.25, -0.2) is 0 Å². The van der Waals surface area contributed by atoms with Gasteiger partial charge in [0.2, 0.25) is 0 Å². The number of carbonyl (C=O) groups excluding carboxylic acids is 2. The number of rotatable bonds is 21. The van der Waals surface area contributed by atoms with Crippen LogP contribution in [0.1, 0.15) is 122 Å². The van der Waals surface area contributed by atoms with E-state index in [9.17, 15) is 19.8 Å². The summed E-state index contributed by atoms with van der Waals surface area (Å²) < 4.78 is 0. The maximum absolute atomic E-state index is 10.8. The number of hydrogen-bond acceptors (Lipinski definition) is 4. The minimum atomic E-state index is -1.31. The number of allylic oxidation sites excluding steroid dienone is 2. The molecule has 0 aliphatic rings. The number of carbonyl (C=O) groups is 2. The van der Waals surface area contributed by atoms with Crippen LogP contribution in [0.25, 0.3) is 0 Å². The molecule has 0 aliphatic heterocycles. The Morgan fingerprint density at radius 3 is 1.47 bits per heavy atom. The predicted octanol–water partition coefficient (Wildman–Crippen LogP) is -1.29. The van der Waals surface area contributed by atoms with Crippen molar-refractivity contribution in [3.8, 4) is 0 Å². The zero-order chi connectivity index (χ0) is 20.9. The van der Waals surface area contributed by atoms with Crippen LogP contribution in [0.3, 0.4) is 0 Å². The molecular weight excluding hydrogens is 398 g/mol. The Morgan fingerprint density at radius 2 is 1.07 bits per heavy atom. The summed E-state index contributed by atoms with van der Waals surface area (Å²) in [4.78, 5) is 21.3. The molecule has 0 aromatic rings. The molecule has 0 saturated heterocycles. The van der Waals surface area contributed by atoms with Gasteiger partial charge in [-0.3, -0.25) is 0 Å². The number of carboxylic acid groups (broad SMARTS) is 2. The first-order valence-electron chi connectivity index (χ1n) is 11.6. The van der Waals surface area contributed by atoms with Gasteiger partial charge in [0.25, 0.3) is 0 Å². The van der Waals surface area contributed by atoms with Crippen molar-refractivity contribution in [2.24, 2.45) is 5.92 Å². The van der Waals surface area contributed by atoms with Gasteiger partial charge in [0.15, 0.2) is 0 Å². The van der Waals surface area contributed by atoms with Gasteiger partial charge in [0.1, 0.15) is 0 Å². The number of aliphatic carboxylic acids is 2. The summed E-state index contributed by atoms with van der Waals surface area (Å²) in [7, 11) is 0. The van der Waals surface area contributed by atoms with Crippen molar-refractivity contribution in [3.63, 3.8) is 0 Å². The standard InChI is InChI=1S/C24H44O4.2Na/c1-2-3-4-5-6-7-8-9-10-11-12-13-14-15-16-17-18-19-20-22(24(27)28)21-23(25)26;;/h8-9,22H,2-7,10-21H2,1H3,(H,25,26)(H,27,28);;/q;2*+1/p-2/b9-8+;;. The molecule has 30 heavy (non-hydrogen) atoms. The summed E-state index contributed by atoms with van der Waals surface area (Å²) in [5, 5.41) is 21.3. The van der Waals surface area contributed by atoms with E-state index in [2.05, 4.69) is 19.1 Å². The molecule has 0 radical (unpaired) electrons. The van der Waals surface area contributed by atoms with Crippen LogP contribution in [0.2, 0.25) is 0 Å². The largest absolute Gasteiger partial charge is 1.00 e. The molecule has 1 atom stereocenters. The normalized spacial score (nSPS) is 11.6. The van der Waals surface area contributed by atoms with E-state index in [4.69, 9.17) is 0 Å². The van der Waals surface area contributed by atoms with E-state index >= 15 is 0 Å². The van der Waals surface area contributed by atoms with Crippen molar-refractivity contribution in [3.05, 3.63) is 12.2 Å². The van der Waals surface area contributed by atoms with Gasteiger partial charge in [-0.15, -0.1) is 0 Å². The number of unbranched alkanes of at least 4 members (excludes halogenated alkanes) is 14. The molecule has 0 fully saturated rings. The average molecular weight is 441 g/mol. The van der Waals surface area contributed by atoms with Gasteiger partial charge in [0.05, 0.1) is 0 Å². The second kappa shape index (κ2) is 27.7. The SMILES string of the molecule is CCCCCCC/C=C/CCCCCCCCCCCC(CC(=O)[O-])C(=O)[O-].[Na+].[Na+]. The molecule has 0 N–H and O–H groups in total. The fourth-order valence-corrected chi connectivity index (χ4v) is 3.50. The molecule has 0 rings (SSSR count). The monoisotopic (exact) mass is 440 g/mol. The Hall–Kier alpha value is 0.680. The molecule has 6 heteroatoms. The van der Waals surface area contributed by atoms with E-state index in [1.54, 1.807) is 0 Å². The third kappa shape index (κ3) is 26.7. The van der Waals surface area contributed by atoms with Crippen LogP contribution in [-0.4, -0.2) is 11.9 Å². The van der Waals surface area contributed by atoms with Crippen LogP contribution >= 0.6 is 0 Å². The summed E-state index contributed by atoms with van der Waals surface area (Å²) in [6.07, 6.45) is 24.2. The molecule has 0 bridgehead atoms. The topological polar surface area (TPSA) is 80.3 Å². The molecule has 4 nitrogen and oxygen atoms in total. The van der Waals surface area contributed by atoms with Gasteiger partial charge in [-0.1, -0.05) is 96.1 Å². The Kier molecular flexibility index (Phi) is 32.6. The van der Waals surface area contributed by atoms with E-state index in [0.717, 1.165) is 19.3 Å². The predicted molar refractivity (Wildman–Crippen MR) is 111 cm³/mol. The van der Waals surface area contributed by atoms with Crippen LogP contribution in [0.5, 0.6) is 0 Å². The van der Waals surface area contributed by atoms with Crippen molar-refractivity contribution in [2.45, 2.75) is 122 Å².